The lowest BCUT2D eigenvalue weighted by atomic mass is 9.94. The van der Waals surface area contributed by atoms with Gasteiger partial charge in [-0.1, -0.05) is 25.3 Å². The highest BCUT2D eigenvalue weighted by atomic mass is 16.3. The summed E-state index contributed by atoms with van der Waals surface area (Å²) in [5, 5.41) is 11.8. The van der Waals surface area contributed by atoms with Crippen LogP contribution in [0.3, 0.4) is 0 Å². The van der Waals surface area contributed by atoms with Crippen LogP contribution in [0.25, 0.3) is 0 Å². The van der Waals surface area contributed by atoms with Crippen LogP contribution in [0.4, 0.5) is 0 Å². The Bertz CT molecular complexity index is 238. The number of nitrogens with zero attached hydrogens (tertiary/aromatic N) is 1. The van der Waals surface area contributed by atoms with E-state index < -0.39 is 0 Å². The van der Waals surface area contributed by atoms with Gasteiger partial charge in [-0.25, -0.2) is 0 Å². The van der Waals surface area contributed by atoms with Crippen LogP contribution in [0.1, 0.15) is 32.1 Å². The molecule has 0 heterocycles. The van der Waals surface area contributed by atoms with Crippen molar-refractivity contribution < 1.29 is 9.90 Å². The molecule has 98 valence electrons. The maximum Gasteiger partial charge on any atom is 0.234 e. The molecule has 4 nitrogen and oxygen atoms in total. The van der Waals surface area contributed by atoms with E-state index in [2.05, 4.69) is 16.8 Å². The van der Waals surface area contributed by atoms with E-state index in [9.17, 15) is 4.79 Å². The summed E-state index contributed by atoms with van der Waals surface area (Å²) < 4.78 is 0. The van der Waals surface area contributed by atoms with Gasteiger partial charge in [-0.2, -0.15) is 0 Å². The van der Waals surface area contributed by atoms with Gasteiger partial charge in [0, 0.05) is 19.1 Å². The van der Waals surface area contributed by atoms with Gasteiger partial charge in [0.15, 0.2) is 0 Å². The minimum Gasteiger partial charge on any atom is -0.395 e. The molecular weight excluding hydrogens is 216 g/mol. The first-order chi connectivity index (χ1) is 8.27. The first-order valence-corrected chi connectivity index (χ1v) is 6.50. The zero-order valence-corrected chi connectivity index (χ0v) is 10.5. The average Bonchev–Trinajstić information content (AvgIpc) is 2.37. The SMILES string of the molecule is C=CCNC(=O)CN(CCO)C1CCCCC1. The molecule has 4 heteroatoms. The third-order valence-electron chi connectivity index (χ3n) is 3.27. The third-order valence-corrected chi connectivity index (χ3v) is 3.27. The van der Waals surface area contributed by atoms with E-state index in [1.165, 1.54) is 19.3 Å². The van der Waals surface area contributed by atoms with Gasteiger partial charge in [-0.15, -0.1) is 6.58 Å². The van der Waals surface area contributed by atoms with Crippen LogP contribution >= 0.6 is 0 Å². The molecule has 0 unspecified atom stereocenters. The molecule has 1 aliphatic rings. The lowest BCUT2D eigenvalue weighted by Crippen LogP contribution is -2.45. The Morgan fingerprint density at radius 3 is 2.71 bits per heavy atom. The Morgan fingerprint density at radius 2 is 2.12 bits per heavy atom. The minimum absolute atomic E-state index is 0.0175. The fourth-order valence-corrected chi connectivity index (χ4v) is 2.39. The molecule has 1 saturated carbocycles. The Balaban J connectivity index is 2.40. The zero-order chi connectivity index (χ0) is 12.5. The third kappa shape index (κ3) is 5.33. The lowest BCUT2D eigenvalue weighted by Gasteiger charge is -2.33. The molecular formula is C13H24N2O2. The van der Waals surface area contributed by atoms with Gasteiger partial charge in [-0.3, -0.25) is 9.69 Å². The second-order valence-corrected chi connectivity index (χ2v) is 4.58. The molecule has 0 aromatic heterocycles. The molecule has 0 atom stereocenters. The van der Waals surface area contributed by atoms with E-state index in [1.807, 2.05) is 0 Å². The largest absolute Gasteiger partial charge is 0.395 e. The smallest absolute Gasteiger partial charge is 0.234 e. The van der Waals surface area contributed by atoms with Gasteiger partial charge < -0.3 is 10.4 Å². The van der Waals surface area contributed by atoms with Gasteiger partial charge in [0.25, 0.3) is 0 Å². The summed E-state index contributed by atoms with van der Waals surface area (Å²) in [5.74, 6) is 0.0175. The Morgan fingerprint density at radius 1 is 1.41 bits per heavy atom. The summed E-state index contributed by atoms with van der Waals surface area (Å²) in [6.07, 6.45) is 7.74. The van der Waals surface area contributed by atoms with E-state index in [4.69, 9.17) is 5.11 Å². The predicted octanol–water partition coefficient (Wildman–Crippen LogP) is 0.916. The first kappa shape index (κ1) is 14.2. The van der Waals surface area contributed by atoms with Crippen molar-refractivity contribution in [3.63, 3.8) is 0 Å². The number of nitrogens with one attached hydrogen (secondary N) is 1. The number of aliphatic hydroxyl groups is 1. The maximum atomic E-state index is 11.6. The summed E-state index contributed by atoms with van der Waals surface area (Å²) in [6, 6.07) is 0.463. The maximum absolute atomic E-state index is 11.6. The van der Waals surface area contributed by atoms with E-state index in [-0.39, 0.29) is 12.5 Å². The van der Waals surface area contributed by atoms with Crippen molar-refractivity contribution >= 4 is 5.91 Å². The number of rotatable bonds is 7. The predicted molar refractivity (Wildman–Crippen MR) is 68.7 cm³/mol. The molecule has 1 amide bonds. The highest BCUT2D eigenvalue weighted by molar-refractivity contribution is 5.78. The molecule has 0 spiro atoms. The van der Waals surface area contributed by atoms with Crippen molar-refractivity contribution in [2.24, 2.45) is 0 Å². The molecule has 0 radical (unpaired) electrons. The van der Waals surface area contributed by atoms with E-state index in [0.717, 1.165) is 12.8 Å². The van der Waals surface area contributed by atoms with Crippen LogP contribution in [0, 0.1) is 0 Å². The Labute approximate surface area is 104 Å². The van der Waals surface area contributed by atoms with E-state index in [0.29, 0.717) is 25.7 Å². The lowest BCUT2D eigenvalue weighted by molar-refractivity contribution is -0.122. The second-order valence-electron chi connectivity index (χ2n) is 4.58. The number of carbonyl (C=O) groups is 1. The molecule has 1 aliphatic carbocycles. The van der Waals surface area contributed by atoms with Crippen LogP contribution in [-0.4, -0.2) is 48.2 Å². The summed E-state index contributed by atoms with van der Waals surface area (Å²) in [7, 11) is 0. The number of hydrogen-bond donors (Lipinski definition) is 2. The fourth-order valence-electron chi connectivity index (χ4n) is 2.39. The van der Waals surface area contributed by atoms with Gasteiger partial charge in [0.05, 0.1) is 13.2 Å². The average molecular weight is 240 g/mol. The normalized spacial score (nSPS) is 17.1. The fraction of sp³-hybridized carbons (Fsp3) is 0.769. The number of amides is 1. The Hall–Kier alpha value is -0.870. The van der Waals surface area contributed by atoms with Crippen molar-refractivity contribution in [1.82, 2.24) is 10.2 Å². The second kappa shape index (κ2) is 8.25. The summed E-state index contributed by atoms with van der Waals surface area (Å²) in [5.41, 5.74) is 0. The summed E-state index contributed by atoms with van der Waals surface area (Å²) in [6.45, 7) is 5.17. The summed E-state index contributed by atoms with van der Waals surface area (Å²) >= 11 is 0. The minimum atomic E-state index is 0.0175. The number of hydrogen-bond acceptors (Lipinski definition) is 3. The van der Waals surface area contributed by atoms with Crippen LogP contribution in [-0.2, 0) is 4.79 Å². The summed E-state index contributed by atoms with van der Waals surface area (Å²) in [4.78, 5) is 13.8. The van der Waals surface area contributed by atoms with Crippen molar-refractivity contribution in [3.8, 4) is 0 Å². The number of aliphatic hydroxyl groups excluding tert-OH is 1. The monoisotopic (exact) mass is 240 g/mol. The molecule has 1 rings (SSSR count). The van der Waals surface area contributed by atoms with Crippen molar-refractivity contribution in [2.75, 3.05) is 26.2 Å². The highest BCUT2D eigenvalue weighted by Crippen LogP contribution is 2.22. The van der Waals surface area contributed by atoms with Crippen LogP contribution < -0.4 is 5.32 Å². The van der Waals surface area contributed by atoms with Crippen molar-refractivity contribution in [1.29, 1.82) is 0 Å². The van der Waals surface area contributed by atoms with Gasteiger partial charge in [0.1, 0.15) is 0 Å². The Kier molecular flexibility index (Phi) is 6.89. The molecule has 17 heavy (non-hydrogen) atoms. The first-order valence-electron chi connectivity index (χ1n) is 6.50. The zero-order valence-electron chi connectivity index (χ0n) is 10.5. The molecule has 0 aliphatic heterocycles. The molecule has 2 N–H and O–H groups in total. The van der Waals surface area contributed by atoms with E-state index >= 15 is 0 Å². The van der Waals surface area contributed by atoms with Gasteiger partial charge in [-0.05, 0) is 12.8 Å². The quantitative estimate of drug-likeness (QED) is 0.651. The van der Waals surface area contributed by atoms with Crippen LogP contribution in [0.5, 0.6) is 0 Å². The van der Waals surface area contributed by atoms with Crippen molar-refractivity contribution in [2.45, 2.75) is 38.1 Å². The molecule has 1 fully saturated rings. The molecule has 0 saturated heterocycles. The van der Waals surface area contributed by atoms with Gasteiger partial charge in [0.2, 0.25) is 5.91 Å². The van der Waals surface area contributed by atoms with Crippen molar-refractivity contribution in [3.05, 3.63) is 12.7 Å². The number of carbonyl (C=O) groups excluding carboxylic acids is 1. The van der Waals surface area contributed by atoms with E-state index in [1.54, 1.807) is 6.08 Å². The molecule has 0 aromatic carbocycles. The topological polar surface area (TPSA) is 52.6 Å². The van der Waals surface area contributed by atoms with Crippen LogP contribution in [0.2, 0.25) is 0 Å². The van der Waals surface area contributed by atoms with Gasteiger partial charge >= 0.3 is 0 Å². The molecule has 0 bridgehead atoms. The van der Waals surface area contributed by atoms with Crippen LogP contribution in [0.15, 0.2) is 12.7 Å². The standard InChI is InChI=1S/C13H24N2O2/c1-2-8-14-13(17)11-15(9-10-16)12-6-4-3-5-7-12/h2,12,16H,1,3-11H2,(H,14,17). The molecule has 0 aromatic rings. The highest BCUT2D eigenvalue weighted by Gasteiger charge is 2.22.